The maximum absolute atomic E-state index is 12.8. The van der Waals surface area contributed by atoms with Crippen molar-refractivity contribution in [3.63, 3.8) is 0 Å². The van der Waals surface area contributed by atoms with E-state index in [1.54, 1.807) is 0 Å². The molecule has 0 aromatic carbocycles. The van der Waals surface area contributed by atoms with Crippen molar-refractivity contribution in [1.82, 2.24) is 0 Å². The van der Waals surface area contributed by atoms with Gasteiger partial charge in [-0.3, -0.25) is 14.4 Å². The monoisotopic (exact) mass is 849 g/mol. The zero-order valence-corrected chi connectivity index (χ0v) is 39.7. The van der Waals surface area contributed by atoms with Gasteiger partial charge in [0.25, 0.3) is 0 Å². The van der Waals surface area contributed by atoms with Crippen LogP contribution in [0.15, 0.2) is 85.1 Å². The van der Waals surface area contributed by atoms with Crippen molar-refractivity contribution in [2.75, 3.05) is 13.2 Å². The topological polar surface area (TPSA) is 78.9 Å². The van der Waals surface area contributed by atoms with E-state index < -0.39 is 6.10 Å². The Hall–Kier alpha value is -3.41. The maximum atomic E-state index is 12.8. The van der Waals surface area contributed by atoms with Crippen molar-refractivity contribution in [2.24, 2.45) is 0 Å². The molecule has 0 amide bonds. The second-order valence-corrected chi connectivity index (χ2v) is 16.3. The van der Waals surface area contributed by atoms with Crippen LogP contribution < -0.4 is 0 Å². The van der Waals surface area contributed by atoms with Crippen molar-refractivity contribution < 1.29 is 28.6 Å². The molecule has 6 nitrogen and oxygen atoms in total. The van der Waals surface area contributed by atoms with Crippen LogP contribution in [0, 0.1) is 0 Å². The number of hydrogen-bond acceptors (Lipinski definition) is 6. The third-order valence-electron chi connectivity index (χ3n) is 10.4. The van der Waals surface area contributed by atoms with Crippen LogP contribution in [-0.4, -0.2) is 37.2 Å². The number of carbonyl (C=O) groups is 3. The first-order valence-corrected chi connectivity index (χ1v) is 25.1. The zero-order chi connectivity index (χ0) is 44.4. The summed E-state index contributed by atoms with van der Waals surface area (Å²) in [5.41, 5.74) is 0. The van der Waals surface area contributed by atoms with E-state index in [-0.39, 0.29) is 31.1 Å². The van der Waals surface area contributed by atoms with E-state index >= 15 is 0 Å². The number of ether oxygens (including phenoxy) is 3. The van der Waals surface area contributed by atoms with E-state index in [9.17, 15) is 14.4 Å². The van der Waals surface area contributed by atoms with E-state index in [1.807, 2.05) is 0 Å². The lowest BCUT2D eigenvalue weighted by Gasteiger charge is -2.18. The van der Waals surface area contributed by atoms with Gasteiger partial charge >= 0.3 is 17.9 Å². The molecular formula is C55H92O6. The van der Waals surface area contributed by atoms with Gasteiger partial charge in [-0.2, -0.15) is 0 Å². The second-order valence-electron chi connectivity index (χ2n) is 16.3. The third kappa shape index (κ3) is 47.5. The predicted molar refractivity (Wildman–Crippen MR) is 261 cm³/mol. The van der Waals surface area contributed by atoms with E-state index in [0.717, 1.165) is 116 Å². The van der Waals surface area contributed by atoms with Gasteiger partial charge in [-0.25, -0.2) is 0 Å². The van der Waals surface area contributed by atoms with Crippen molar-refractivity contribution >= 4 is 17.9 Å². The molecule has 61 heavy (non-hydrogen) atoms. The lowest BCUT2D eigenvalue weighted by molar-refractivity contribution is -0.167. The molecule has 348 valence electrons. The molecule has 0 spiro atoms. The average Bonchev–Trinajstić information content (AvgIpc) is 3.26. The summed E-state index contributed by atoms with van der Waals surface area (Å²) in [6, 6.07) is 0. The minimum atomic E-state index is -0.796. The number of hydrogen-bond donors (Lipinski definition) is 0. The highest BCUT2D eigenvalue weighted by molar-refractivity contribution is 5.71. The summed E-state index contributed by atoms with van der Waals surface area (Å²) < 4.78 is 16.7. The zero-order valence-electron chi connectivity index (χ0n) is 39.7. The van der Waals surface area contributed by atoms with Crippen LogP contribution in [0.5, 0.6) is 0 Å². The molecule has 0 aliphatic heterocycles. The van der Waals surface area contributed by atoms with Gasteiger partial charge < -0.3 is 14.2 Å². The lowest BCUT2D eigenvalue weighted by Crippen LogP contribution is -2.30. The molecule has 0 aromatic heterocycles. The molecule has 0 aromatic rings. The molecule has 0 saturated heterocycles. The van der Waals surface area contributed by atoms with Crippen LogP contribution in [0.25, 0.3) is 0 Å². The predicted octanol–water partition coefficient (Wildman–Crippen LogP) is 16.4. The first kappa shape index (κ1) is 57.6. The van der Waals surface area contributed by atoms with Crippen LogP contribution >= 0.6 is 0 Å². The van der Waals surface area contributed by atoms with Crippen molar-refractivity contribution in [2.45, 2.75) is 232 Å². The molecule has 0 N–H and O–H groups in total. The van der Waals surface area contributed by atoms with Crippen LogP contribution in [0.4, 0.5) is 0 Å². The Kier molecular flexibility index (Phi) is 46.5. The SMILES string of the molecule is CC/C=C\C/C=C\C/C=C\C/C=C\C/C=C\CCCCCC(=O)OC[C@@H](COC(=O)CCCCCCC/C=C\CCCCC)OC(=O)CCCCCCC/C=C\CCCCC. The molecule has 0 fully saturated rings. The number of esters is 3. The molecule has 0 heterocycles. The van der Waals surface area contributed by atoms with E-state index in [0.29, 0.717) is 19.3 Å². The Morgan fingerprint density at radius 3 is 1.03 bits per heavy atom. The molecule has 0 aliphatic carbocycles. The summed E-state index contributed by atoms with van der Waals surface area (Å²) in [6.07, 6.45) is 62.8. The van der Waals surface area contributed by atoms with Crippen LogP contribution in [0.3, 0.4) is 0 Å². The molecular weight excluding hydrogens is 757 g/mol. The Labute approximate surface area is 375 Å². The van der Waals surface area contributed by atoms with Crippen LogP contribution in [0.1, 0.15) is 226 Å². The fraction of sp³-hybridized carbons (Fsp3) is 0.691. The van der Waals surface area contributed by atoms with Crippen molar-refractivity contribution in [3.05, 3.63) is 85.1 Å². The molecule has 0 saturated carbocycles. The summed E-state index contributed by atoms with van der Waals surface area (Å²) in [5.74, 6) is -0.950. The molecule has 0 bridgehead atoms. The highest BCUT2D eigenvalue weighted by atomic mass is 16.6. The molecule has 1 atom stereocenters. The standard InChI is InChI=1S/C55H92O6/c1-4-7-10-13-16-19-22-25-26-27-28-29-30-31-34-36-39-42-45-48-54(57)60-51-52(61-55(58)49-46-43-40-37-33-24-21-18-15-12-9-6-3)50-59-53(56)47-44-41-38-35-32-23-20-17-14-11-8-5-2/h7,10,16-21,25-26,28-29,31,34,52H,4-6,8-9,11-15,22-24,27,30,32-33,35-51H2,1-3H3/b10-7-,19-16-,20-17-,21-18-,26-25-,29-28-,34-31-/t52-/m1/s1. The van der Waals surface area contributed by atoms with Gasteiger partial charge in [-0.05, 0) is 116 Å². The van der Waals surface area contributed by atoms with Gasteiger partial charge in [0.15, 0.2) is 6.10 Å². The van der Waals surface area contributed by atoms with Crippen LogP contribution in [-0.2, 0) is 28.6 Å². The summed E-state index contributed by atoms with van der Waals surface area (Å²) in [5, 5.41) is 0. The summed E-state index contributed by atoms with van der Waals surface area (Å²) in [4.78, 5) is 37.9. The maximum Gasteiger partial charge on any atom is 0.306 e. The van der Waals surface area contributed by atoms with Gasteiger partial charge in [0.05, 0.1) is 0 Å². The number of unbranched alkanes of at least 4 members (excludes halogenated alkanes) is 19. The molecule has 0 rings (SSSR count). The minimum absolute atomic E-state index is 0.0956. The number of rotatable bonds is 44. The highest BCUT2D eigenvalue weighted by Gasteiger charge is 2.19. The Balaban J connectivity index is 4.44. The Morgan fingerprint density at radius 2 is 0.639 bits per heavy atom. The first-order valence-electron chi connectivity index (χ1n) is 25.1. The third-order valence-corrected chi connectivity index (χ3v) is 10.4. The summed E-state index contributed by atoms with van der Waals surface area (Å²) >= 11 is 0. The average molecular weight is 849 g/mol. The highest BCUT2D eigenvalue weighted by Crippen LogP contribution is 2.13. The fourth-order valence-electron chi connectivity index (χ4n) is 6.57. The largest absolute Gasteiger partial charge is 0.462 e. The van der Waals surface area contributed by atoms with Gasteiger partial charge in [0.2, 0.25) is 0 Å². The lowest BCUT2D eigenvalue weighted by atomic mass is 10.1. The number of allylic oxidation sites excluding steroid dienone is 14. The van der Waals surface area contributed by atoms with Crippen molar-refractivity contribution in [3.8, 4) is 0 Å². The normalized spacial score (nSPS) is 12.8. The van der Waals surface area contributed by atoms with Crippen molar-refractivity contribution in [1.29, 1.82) is 0 Å². The first-order chi connectivity index (χ1) is 30.0. The molecule has 0 unspecified atom stereocenters. The molecule has 0 radical (unpaired) electrons. The van der Waals surface area contributed by atoms with Gasteiger partial charge in [-0.15, -0.1) is 0 Å². The fourth-order valence-corrected chi connectivity index (χ4v) is 6.57. The molecule has 6 heteroatoms. The quantitative estimate of drug-likeness (QED) is 0.0263. The van der Waals surface area contributed by atoms with Crippen LogP contribution in [0.2, 0.25) is 0 Å². The number of carbonyl (C=O) groups excluding carboxylic acids is 3. The van der Waals surface area contributed by atoms with Gasteiger partial charge in [-0.1, -0.05) is 176 Å². The van der Waals surface area contributed by atoms with E-state index in [1.165, 1.54) is 70.6 Å². The van der Waals surface area contributed by atoms with Gasteiger partial charge in [0, 0.05) is 19.3 Å². The second kappa shape index (κ2) is 49.2. The summed E-state index contributed by atoms with van der Waals surface area (Å²) in [7, 11) is 0. The minimum Gasteiger partial charge on any atom is -0.462 e. The Bertz CT molecular complexity index is 1200. The van der Waals surface area contributed by atoms with E-state index in [2.05, 4.69) is 106 Å². The van der Waals surface area contributed by atoms with E-state index in [4.69, 9.17) is 14.2 Å². The molecule has 0 aliphatic rings. The summed E-state index contributed by atoms with van der Waals surface area (Å²) in [6.45, 7) is 6.42. The Morgan fingerprint density at radius 1 is 0.344 bits per heavy atom. The van der Waals surface area contributed by atoms with Gasteiger partial charge in [0.1, 0.15) is 13.2 Å². The smallest absolute Gasteiger partial charge is 0.306 e.